The third-order valence-corrected chi connectivity index (χ3v) is 4.60. The summed E-state index contributed by atoms with van der Waals surface area (Å²) in [5.74, 6) is 1.29. The number of methoxy groups -OCH3 is 2. The molecule has 0 radical (unpaired) electrons. The van der Waals surface area contributed by atoms with Crippen LogP contribution in [0.3, 0.4) is 0 Å². The number of nitrogens with zero attached hydrogens (tertiary/aromatic N) is 1. The highest BCUT2D eigenvalue weighted by atomic mass is 79.9. The van der Waals surface area contributed by atoms with Gasteiger partial charge in [0.1, 0.15) is 0 Å². The van der Waals surface area contributed by atoms with Crippen LogP contribution in [0.4, 0.5) is 0 Å². The predicted octanol–water partition coefficient (Wildman–Crippen LogP) is 3.98. The summed E-state index contributed by atoms with van der Waals surface area (Å²) < 4.78 is 11.4. The van der Waals surface area contributed by atoms with Crippen molar-refractivity contribution >= 4 is 21.8 Å². The topological polar surface area (TPSA) is 38.8 Å². The fraction of sp³-hybridized carbons (Fsp3) is 0.316. The summed E-state index contributed by atoms with van der Waals surface area (Å²) in [5.41, 5.74) is 3.19. The Morgan fingerprint density at radius 1 is 1.08 bits per heavy atom. The van der Waals surface area contributed by atoms with Crippen LogP contribution in [0, 0.1) is 6.92 Å². The van der Waals surface area contributed by atoms with Gasteiger partial charge in [-0.15, -0.1) is 0 Å². The van der Waals surface area contributed by atoms with Crippen molar-refractivity contribution in [3.63, 3.8) is 0 Å². The molecule has 4 nitrogen and oxygen atoms in total. The van der Waals surface area contributed by atoms with Crippen LogP contribution in [-0.2, 0) is 17.8 Å². The first-order chi connectivity index (χ1) is 11.4. The van der Waals surface area contributed by atoms with Crippen LogP contribution in [0.15, 0.2) is 40.9 Å². The lowest BCUT2D eigenvalue weighted by molar-refractivity contribution is -0.129. The lowest BCUT2D eigenvalue weighted by atomic mass is 10.1. The number of ether oxygens (including phenoxy) is 2. The number of hydrogen-bond donors (Lipinski definition) is 0. The number of aryl methyl sites for hydroxylation is 1. The molecule has 2 rings (SSSR count). The predicted molar refractivity (Wildman–Crippen MR) is 98.6 cm³/mol. The molecule has 2 aromatic carbocycles. The van der Waals surface area contributed by atoms with Gasteiger partial charge in [-0.25, -0.2) is 0 Å². The summed E-state index contributed by atoms with van der Waals surface area (Å²) in [5, 5.41) is 0. The van der Waals surface area contributed by atoms with Crippen LogP contribution in [-0.4, -0.2) is 32.1 Å². The number of likely N-dealkylation sites (N-methyl/N-ethyl adjacent to an activating group) is 1. The van der Waals surface area contributed by atoms with E-state index in [-0.39, 0.29) is 5.91 Å². The number of halogens is 1. The van der Waals surface area contributed by atoms with Crippen LogP contribution in [0.2, 0.25) is 0 Å². The summed E-state index contributed by atoms with van der Waals surface area (Å²) in [6, 6.07) is 11.9. The molecule has 2 aromatic rings. The van der Waals surface area contributed by atoms with Gasteiger partial charge in [0.15, 0.2) is 11.5 Å². The van der Waals surface area contributed by atoms with Gasteiger partial charge in [0, 0.05) is 18.1 Å². The van der Waals surface area contributed by atoms with Crippen molar-refractivity contribution in [1.82, 2.24) is 4.90 Å². The van der Waals surface area contributed by atoms with Gasteiger partial charge in [-0.05, 0) is 30.2 Å². The summed E-state index contributed by atoms with van der Waals surface area (Å²) >= 11 is 3.50. The van der Waals surface area contributed by atoms with Gasteiger partial charge in [-0.3, -0.25) is 4.79 Å². The average molecular weight is 392 g/mol. The summed E-state index contributed by atoms with van der Waals surface area (Å²) in [6.07, 6.45) is 0.295. The number of benzene rings is 2. The number of carbonyl (C=O) groups is 1. The van der Waals surface area contributed by atoms with Crippen molar-refractivity contribution in [2.75, 3.05) is 21.3 Å². The van der Waals surface area contributed by atoms with Gasteiger partial charge in [0.2, 0.25) is 5.91 Å². The smallest absolute Gasteiger partial charge is 0.227 e. The van der Waals surface area contributed by atoms with E-state index in [2.05, 4.69) is 28.1 Å². The highest BCUT2D eigenvalue weighted by Gasteiger charge is 2.15. The average Bonchev–Trinajstić information content (AvgIpc) is 2.58. The van der Waals surface area contributed by atoms with Crippen LogP contribution in [0.25, 0.3) is 0 Å². The number of carbonyl (C=O) groups excluding carboxylic acids is 1. The number of hydrogen-bond acceptors (Lipinski definition) is 3. The van der Waals surface area contributed by atoms with E-state index < -0.39 is 0 Å². The summed E-state index contributed by atoms with van der Waals surface area (Å²) in [6.45, 7) is 2.64. The van der Waals surface area contributed by atoms with Gasteiger partial charge >= 0.3 is 0 Å². The molecule has 0 aromatic heterocycles. The molecule has 0 atom stereocenters. The first kappa shape index (κ1) is 18.3. The second-order valence-electron chi connectivity index (χ2n) is 5.71. The largest absolute Gasteiger partial charge is 0.493 e. The van der Waals surface area contributed by atoms with E-state index in [0.717, 1.165) is 15.6 Å². The molecule has 128 valence electrons. The fourth-order valence-electron chi connectivity index (χ4n) is 2.39. The molecule has 0 saturated heterocycles. The minimum absolute atomic E-state index is 0.0449. The summed E-state index contributed by atoms with van der Waals surface area (Å²) in [7, 11) is 4.99. The van der Waals surface area contributed by atoms with E-state index in [0.29, 0.717) is 24.5 Å². The van der Waals surface area contributed by atoms with Crippen LogP contribution in [0.1, 0.15) is 16.7 Å². The molecule has 0 spiro atoms. The van der Waals surface area contributed by atoms with E-state index in [1.54, 1.807) is 19.1 Å². The zero-order chi connectivity index (χ0) is 17.7. The Morgan fingerprint density at radius 2 is 1.67 bits per heavy atom. The molecule has 0 aliphatic heterocycles. The Morgan fingerprint density at radius 3 is 2.25 bits per heavy atom. The van der Waals surface area contributed by atoms with Crippen molar-refractivity contribution in [3.8, 4) is 11.5 Å². The van der Waals surface area contributed by atoms with Gasteiger partial charge in [0.25, 0.3) is 0 Å². The normalized spacial score (nSPS) is 10.4. The lowest BCUT2D eigenvalue weighted by Crippen LogP contribution is -2.27. The minimum atomic E-state index is 0.0449. The van der Waals surface area contributed by atoms with Gasteiger partial charge < -0.3 is 14.4 Å². The maximum Gasteiger partial charge on any atom is 0.227 e. The molecule has 0 aliphatic carbocycles. The second-order valence-corrected chi connectivity index (χ2v) is 6.57. The van der Waals surface area contributed by atoms with Crippen molar-refractivity contribution in [2.24, 2.45) is 0 Å². The standard InChI is InChI=1S/C19H22BrNO3/c1-13-5-7-14(8-6-13)12-21(2)19(22)10-15-9-17(23-3)18(24-4)11-16(15)20/h5-9,11H,10,12H2,1-4H3. The maximum absolute atomic E-state index is 12.5. The summed E-state index contributed by atoms with van der Waals surface area (Å²) in [4.78, 5) is 14.3. The molecular formula is C19H22BrNO3. The van der Waals surface area contributed by atoms with Gasteiger partial charge in [0.05, 0.1) is 20.6 Å². The molecular weight excluding hydrogens is 370 g/mol. The molecule has 0 heterocycles. The van der Waals surface area contributed by atoms with Crippen LogP contribution >= 0.6 is 15.9 Å². The van der Waals surface area contributed by atoms with E-state index in [1.807, 2.05) is 38.2 Å². The van der Waals surface area contributed by atoms with Gasteiger partial charge in [-0.2, -0.15) is 0 Å². The van der Waals surface area contributed by atoms with E-state index in [1.165, 1.54) is 5.56 Å². The Labute approximate surface area is 151 Å². The molecule has 0 unspecified atom stereocenters. The maximum atomic E-state index is 12.5. The Hall–Kier alpha value is -2.01. The van der Waals surface area contributed by atoms with E-state index >= 15 is 0 Å². The Balaban J connectivity index is 2.09. The molecule has 24 heavy (non-hydrogen) atoms. The molecule has 0 saturated carbocycles. The van der Waals surface area contributed by atoms with Crippen LogP contribution in [0.5, 0.6) is 11.5 Å². The molecule has 0 fully saturated rings. The molecule has 5 heteroatoms. The van der Waals surface area contributed by atoms with E-state index in [4.69, 9.17) is 9.47 Å². The Kier molecular flexibility index (Phi) is 6.26. The van der Waals surface area contributed by atoms with Crippen molar-refractivity contribution in [2.45, 2.75) is 19.9 Å². The highest BCUT2D eigenvalue weighted by Crippen LogP contribution is 2.33. The number of rotatable bonds is 6. The van der Waals surface area contributed by atoms with E-state index in [9.17, 15) is 4.79 Å². The third-order valence-electron chi connectivity index (χ3n) is 3.86. The van der Waals surface area contributed by atoms with Crippen LogP contribution < -0.4 is 9.47 Å². The quantitative estimate of drug-likeness (QED) is 0.747. The lowest BCUT2D eigenvalue weighted by Gasteiger charge is -2.18. The fourth-order valence-corrected chi connectivity index (χ4v) is 2.85. The highest BCUT2D eigenvalue weighted by molar-refractivity contribution is 9.10. The first-order valence-electron chi connectivity index (χ1n) is 7.64. The van der Waals surface area contributed by atoms with Gasteiger partial charge in [-0.1, -0.05) is 45.8 Å². The zero-order valence-corrected chi connectivity index (χ0v) is 16.0. The monoisotopic (exact) mass is 391 g/mol. The molecule has 0 aliphatic rings. The van der Waals surface area contributed by atoms with Crippen molar-refractivity contribution in [1.29, 1.82) is 0 Å². The molecule has 1 amide bonds. The number of amides is 1. The zero-order valence-electron chi connectivity index (χ0n) is 14.4. The first-order valence-corrected chi connectivity index (χ1v) is 8.43. The minimum Gasteiger partial charge on any atom is -0.493 e. The third kappa shape index (κ3) is 4.51. The van der Waals surface area contributed by atoms with Crippen molar-refractivity contribution < 1.29 is 14.3 Å². The van der Waals surface area contributed by atoms with Crippen molar-refractivity contribution in [3.05, 3.63) is 57.6 Å². The SMILES string of the molecule is COc1cc(Br)c(CC(=O)N(C)Cc2ccc(C)cc2)cc1OC. The Bertz CT molecular complexity index is 713. The second kappa shape index (κ2) is 8.20. The molecule has 0 N–H and O–H groups in total. The molecule has 0 bridgehead atoms.